The molecule has 1 amide bonds. The van der Waals surface area contributed by atoms with Crippen LogP contribution in [0.2, 0.25) is 0 Å². The van der Waals surface area contributed by atoms with Crippen molar-refractivity contribution in [2.45, 2.75) is 19.8 Å². The number of aromatic amines is 1. The summed E-state index contributed by atoms with van der Waals surface area (Å²) >= 11 is 0. The van der Waals surface area contributed by atoms with Gasteiger partial charge in [0.1, 0.15) is 5.69 Å². The Morgan fingerprint density at radius 1 is 1.71 bits per heavy atom. The van der Waals surface area contributed by atoms with E-state index in [-0.39, 0.29) is 12.5 Å². The molecule has 0 atom stereocenters. The van der Waals surface area contributed by atoms with Gasteiger partial charge in [-0.1, -0.05) is 19.4 Å². The van der Waals surface area contributed by atoms with E-state index in [0.717, 1.165) is 18.5 Å². The van der Waals surface area contributed by atoms with E-state index < -0.39 is 0 Å². The first-order chi connectivity index (χ1) is 8.22. The number of carbonyl (C=O) groups excluding carboxylic acids is 1. The molecule has 0 aliphatic heterocycles. The average molecular weight is 237 g/mol. The zero-order valence-electron chi connectivity index (χ0n) is 10.1. The van der Waals surface area contributed by atoms with Crippen molar-refractivity contribution < 1.29 is 9.90 Å². The maximum absolute atomic E-state index is 12.0. The highest BCUT2D eigenvalue weighted by Crippen LogP contribution is 2.06. The third-order valence-electron chi connectivity index (χ3n) is 2.38. The van der Waals surface area contributed by atoms with E-state index in [2.05, 4.69) is 23.7 Å². The number of rotatable bonds is 7. The molecule has 17 heavy (non-hydrogen) atoms. The van der Waals surface area contributed by atoms with Crippen molar-refractivity contribution in [1.29, 1.82) is 0 Å². The largest absolute Gasteiger partial charge is 0.395 e. The fraction of sp³-hybridized carbons (Fsp3) is 0.500. The fourth-order valence-electron chi connectivity index (χ4n) is 1.58. The molecule has 2 N–H and O–H groups in total. The molecule has 0 bridgehead atoms. The Balaban J connectivity index is 2.73. The molecule has 0 aliphatic carbocycles. The van der Waals surface area contributed by atoms with Gasteiger partial charge in [0.05, 0.1) is 6.61 Å². The number of aromatic nitrogens is 2. The standard InChI is InChI=1S/C12H19N3O2/c1-3-5-10-9-11(14-13-10)12(17)15(6-4-2)7-8-16/h4,9,16H,2-3,5-8H2,1H3,(H,13,14). The number of aliphatic hydroxyl groups excluding tert-OH is 1. The molecule has 0 saturated carbocycles. The molecule has 94 valence electrons. The van der Waals surface area contributed by atoms with E-state index in [1.165, 1.54) is 4.90 Å². The van der Waals surface area contributed by atoms with E-state index in [9.17, 15) is 4.79 Å². The number of hydrogen-bond donors (Lipinski definition) is 2. The number of aryl methyl sites for hydroxylation is 1. The Labute approximate surface area is 101 Å². The predicted molar refractivity (Wildman–Crippen MR) is 65.8 cm³/mol. The van der Waals surface area contributed by atoms with Gasteiger partial charge in [0.25, 0.3) is 5.91 Å². The number of carbonyl (C=O) groups is 1. The molecule has 5 heteroatoms. The summed E-state index contributed by atoms with van der Waals surface area (Å²) < 4.78 is 0. The molecule has 0 aromatic carbocycles. The molecule has 0 aliphatic rings. The van der Waals surface area contributed by atoms with Crippen molar-refractivity contribution in [2.24, 2.45) is 0 Å². The molecule has 0 saturated heterocycles. The third-order valence-corrected chi connectivity index (χ3v) is 2.38. The lowest BCUT2D eigenvalue weighted by molar-refractivity contribution is 0.0737. The van der Waals surface area contributed by atoms with Gasteiger partial charge >= 0.3 is 0 Å². The Kier molecular flexibility index (Phi) is 5.42. The summed E-state index contributed by atoms with van der Waals surface area (Å²) in [5.41, 5.74) is 1.35. The van der Waals surface area contributed by atoms with Crippen molar-refractivity contribution in [3.63, 3.8) is 0 Å². The molecule has 1 rings (SSSR count). The molecular formula is C12H19N3O2. The number of aliphatic hydroxyl groups is 1. The minimum atomic E-state index is -0.183. The normalized spacial score (nSPS) is 10.2. The first-order valence-electron chi connectivity index (χ1n) is 5.78. The van der Waals surface area contributed by atoms with Crippen LogP contribution in [0.5, 0.6) is 0 Å². The van der Waals surface area contributed by atoms with Crippen LogP contribution in [0.4, 0.5) is 0 Å². The van der Waals surface area contributed by atoms with Gasteiger partial charge in [0.15, 0.2) is 0 Å². The number of H-pyrrole nitrogens is 1. The summed E-state index contributed by atoms with van der Waals surface area (Å²) in [6.07, 6.45) is 3.51. The molecule has 1 aromatic rings. The van der Waals surface area contributed by atoms with E-state index in [1.54, 1.807) is 12.1 Å². The summed E-state index contributed by atoms with van der Waals surface area (Å²) in [4.78, 5) is 13.5. The Hall–Kier alpha value is -1.62. The first-order valence-corrected chi connectivity index (χ1v) is 5.78. The SMILES string of the molecule is C=CCN(CCO)C(=O)c1cc(CCC)[nH]n1. The monoisotopic (exact) mass is 237 g/mol. The highest BCUT2D eigenvalue weighted by atomic mass is 16.3. The molecule has 5 nitrogen and oxygen atoms in total. The summed E-state index contributed by atoms with van der Waals surface area (Å²) in [6.45, 7) is 6.30. The molecule has 0 fully saturated rings. The topological polar surface area (TPSA) is 69.2 Å². The van der Waals surface area contributed by atoms with Gasteiger partial charge in [-0.05, 0) is 12.5 Å². The van der Waals surface area contributed by atoms with E-state index >= 15 is 0 Å². The van der Waals surface area contributed by atoms with Crippen LogP contribution >= 0.6 is 0 Å². The van der Waals surface area contributed by atoms with Crippen molar-refractivity contribution in [1.82, 2.24) is 15.1 Å². The molecule has 0 unspecified atom stereocenters. The van der Waals surface area contributed by atoms with Gasteiger partial charge in [-0.2, -0.15) is 5.10 Å². The summed E-state index contributed by atoms with van der Waals surface area (Å²) in [6, 6.07) is 1.76. The highest BCUT2D eigenvalue weighted by molar-refractivity contribution is 5.92. The molecule has 0 spiro atoms. The van der Waals surface area contributed by atoms with Crippen LogP contribution in [0.3, 0.4) is 0 Å². The zero-order chi connectivity index (χ0) is 12.7. The van der Waals surface area contributed by atoms with Crippen molar-refractivity contribution in [2.75, 3.05) is 19.7 Å². The van der Waals surface area contributed by atoms with E-state index in [0.29, 0.717) is 18.8 Å². The molecular weight excluding hydrogens is 218 g/mol. The van der Waals surface area contributed by atoms with Crippen LogP contribution in [0.15, 0.2) is 18.7 Å². The van der Waals surface area contributed by atoms with Crippen molar-refractivity contribution in [3.8, 4) is 0 Å². The Morgan fingerprint density at radius 3 is 3.06 bits per heavy atom. The first kappa shape index (κ1) is 13.4. The van der Waals surface area contributed by atoms with Gasteiger partial charge < -0.3 is 10.0 Å². The van der Waals surface area contributed by atoms with E-state index in [1.807, 2.05) is 0 Å². The lowest BCUT2D eigenvalue weighted by atomic mass is 10.2. The van der Waals surface area contributed by atoms with E-state index in [4.69, 9.17) is 5.11 Å². The summed E-state index contributed by atoms with van der Waals surface area (Å²) in [5.74, 6) is -0.183. The van der Waals surface area contributed by atoms with Crippen molar-refractivity contribution in [3.05, 3.63) is 30.1 Å². The Morgan fingerprint density at radius 2 is 2.47 bits per heavy atom. The Bertz CT molecular complexity index is 374. The fourth-order valence-corrected chi connectivity index (χ4v) is 1.58. The number of hydrogen-bond acceptors (Lipinski definition) is 3. The lowest BCUT2D eigenvalue weighted by Gasteiger charge is -2.18. The summed E-state index contributed by atoms with van der Waals surface area (Å²) in [5, 5.41) is 15.7. The van der Waals surface area contributed by atoms with Gasteiger partial charge in [-0.3, -0.25) is 9.89 Å². The van der Waals surface area contributed by atoms with Crippen LogP contribution in [-0.2, 0) is 6.42 Å². The second-order valence-electron chi connectivity index (χ2n) is 3.79. The molecule has 1 heterocycles. The van der Waals surface area contributed by atoms with Gasteiger partial charge in [0.2, 0.25) is 0 Å². The predicted octanol–water partition coefficient (Wildman–Crippen LogP) is 0.983. The highest BCUT2D eigenvalue weighted by Gasteiger charge is 2.16. The minimum absolute atomic E-state index is 0.0637. The number of amides is 1. The van der Waals surface area contributed by atoms with Gasteiger partial charge in [-0.15, -0.1) is 6.58 Å². The lowest BCUT2D eigenvalue weighted by Crippen LogP contribution is -2.33. The van der Waals surface area contributed by atoms with Crippen LogP contribution in [-0.4, -0.2) is 45.8 Å². The maximum atomic E-state index is 12.0. The second-order valence-corrected chi connectivity index (χ2v) is 3.79. The zero-order valence-corrected chi connectivity index (χ0v) is 10.1. The summed E-state index contributed by atoms with van der Waals surface area (Å²) in [7, 11) is 0. The molecule has 0 radical (unpaired) electrons. The van der Waals surface area contributed by atoms with Crippen molar-refractivity contribution >= 4 is 5.91 Å². The quantitative estimate of drug-likeness (QED) is 0.695. The second kappa shape index (κ2) is 6.85. The van der Waals surface area contributed by atoms with Gasteiger partial charge in [-0.25, -0.2) is 0 Å². The van der Waals surface area contributed by atoms with Crippen LogP contribution in [0.1, 0.15) is 29.5 Å². The van der Waals surface area contributed by atoms with Crippen LogP contribution < -0.4 is 0 Å². The maximum Gasteiger partial charge on any atom is 0.274 e. The third kappa shape index (κ3) is 3.71. The minimum Gasteiger partial charge on any atom is -0.395 e. The smallest absolute Gasteiger partial charge is 0.274 e. The average Bonchev–Trinajstić information content (AvgIpc) is 2.77. The number of nitrogens with zero attached hydrogens (tertiary/aromatic N) is 2. The van der Waals surface area contributed by atoms with Gasteiger partial charge in [0, 0.05) is 18.8 Å². The molecule has 1 aromatic heterocycles. The van der Waals surface area contributed by atoms with Crippen LogP contribution in [0, 0.1) is 0 Å². The number of nitrogens with one attached hydrogen (secondary N) is 1. The van der Waals surface area contributed by atoms with Crippen LogP contribution in [0.25, 0.3) is 0 Å².